The third-order valence-electron chi connectivity index (χ3n) is 4.67. The molecule has 3 heteroatoms. The van der Waals surface area contributed by atoms with Crippen LogP contribution in [-0.4, -0.2) is 18.5 Å². The third-order valence-corrected chi connectivity index (χ3v) is 4.67. The van der Waals surface area contributed by atoms with Gasteiger partial charge in [-0.25, -0.2) is 0 Å². The van der Waals surface area contributed by atoms with Crippen LogP contribution in [0.2, 0.25) is 0 Å². The van der Waals surface area contributed by atoms with Gasteiger partial charge in [0.2, 0.25) is 5.91 Å². The molecule has 3 N–H and O–H groups in total. The highest BCUT2D eigenvalue weighted by Gasteiger charge is 2.28. The van der Waals surface area contributed by atoms with Gasteiger partial charge in [-0.15, -0.1) is 0 Å². The van der Waals surface area contributed by atoms with Crippen molar-refractivity contribution in [3.63, 3.8) is 0 Å². The first-order valence-corrected chi connectivity index (χ1v) is 7.20. The van der Waals surface area contributed by atoms with Gasteiger partial charge in [-0.2, -0.15) is 0 Å². The predicted octanol–water partition coefficient (Wildman–Crippen LogP) is 2.06. The summed E-state index contributed by atoms with van der Waals surface area (Å²) < 4.78 is 0. The molecule has 0 saturated heterocycles. The monoisotopic (exact) mass is 238 g/mol. The van der Waals surface area contributed by atoms with Gasteiger partial charge in [0.25, 0.3) is 0 Å². The summed E-state index contributed by atoms with van der Waals surface area (Å²) in [6, 6.07) is 0.249. The summed E-state index contributed by atoms with van der Waals surface area (Å²) in [5, 5.41) is 3.15. The zero-order valence-corrected chi connectivity index (χ0v) is 11.0. The smallest absolute Gasteiger partial charge is 0.223 e. The van der Waals surface area contributed by atoms with E-state index in [-0.39, 0.29) is 17.9 Å². The summed E-state index contributed by atoms with van der Waals surface area (Å²) >= 11 is 0. The van der Waals surface area contributed by atoms with Gasteiger partial charge in [0.05, 0.1) is 0 Å². The molecule has 4 atom stereocenters. The summed E-state index contributed by atoms with van der Waals surface area (Å²) in [6.07, 6.45) is 8.18. The van der Waals surface area contributed by atoms with E-state index in [2.05, 4.69) is 12.2 Å². The number of amides is 1. The molecule has 0 heterocycles. The SMILES string of the molecule is CC1CCCCC1CNC(=O)C1CCC(N)C1. The number of rotatable bonds is 3. The second-order valence-corrected chi connectivity index (χ2v) is 6.04. The summed E-state index contributed by atoms with van der Waals surface area (Å²) in [4.78, 5) is 12.0. The first-order chi connectivity index (χ1) is 8.16. The molecule has 0 bridgehead atoms. The first-order valence-electron chi connectivity index (χ1n) is 7.20. The van der Waals surface area contributed by atoms with Crippen LogP contribution >= 0.6 is 0 Å². The molecular weight excluding hydrogens is 212 g/mol. The zero-order chi connectivity index (χ0) is 12.3. The highest BCUT2D eigenvalue weighted by atomic mass is 16.1. The quantitative estimate of drug-likeness (QED) is 0.790. The van der Waals surface area contributed by atoms with E-state index in [4.69, 9.17) is 5.73 Å². The Kier molecular flexibility index (Phi) is 4.43. The van der Waals surface area contributed by atoms with E-state index in [9.17, 15) is 4.79 Å². The van der Waals surface area contributed by atoms with Crippen molar-refractivity contribution in [3.8, 4) is 0 Å². The van der Waals surface area contributed by atoms with E-state index >= 15 is 0 Å². The van der Waals surface area contributed by atoms with E-state index in [0.717, 1.165) is 31.7 Å². The minimum Gasteiger partial charge on any atom is -0.356 e. The van der Waals surface area contributed by atoms with Crippen molar-refractivity contribution in [2.24, 2.45) is 23.5 Å². The van der Waals surface area contributed by atoms with Crippen LogP contribution in [0, 0.1) is 17.8 Å². The normalized spacial score (nSPS) is 38.0. The number of hydrogen-bond donors (Lipinski definition) is 2. The maximum atomic E-state index is 12.0. The molecule has 2 aliphatic rings. The average Bonchev–Trinajstić information content (AvgIpc) is 2.74. The van der Waals surface area contributed by atoms with Crippen molar-refractivity contribution in [1.82, 2.24) is 5.32 Å². The number of hydrogen-bond acceptors (Lipinski definition) is 2. The molecule has 0 aliphatic heterocycles. The lowest BCUT2D eigenvalue weighted by Gasteiger charge is -2.29. The minimum atomic E-state index is 0.184. The molecule has 0 spiro atoms. The summed E-state index contributed by atoms with van der Waals surface area (Å²) in [7, 11) is 0. The van der Waals surface area contributed by atoms with E-state index in [1.807, 2.05) is 0 Å². The molecule has 2 aliphatic carbocycles. The maximum Gasteiger partial charge on any atom is 0.223 e. The second kappa shape index (κ2) is 5.85. The topological polar surface area (TPSA) is 55.1 Å². The standard InChI is InChI=1S/C14H26N2O/c1-10-4-2-3-5-12(10)9-16-14(17)11-6-7-13(15)8-11/h10-13H,2-9,15H2,1H3,(H,16,17). The zero-order valence-electron chi connectivity index (χ0n) is 11.0. The molecule has 0 radical (unpaired) electrons. The van der Waals surface area contributed by atoms with Gasteiger partial charge >= 0.3 is 0 Å². The molecule has 17 heavy (non-hydrogen) atoms. The molecule has 0 aromatic rings. The van der Waals surface area contributed by atoms with Crippen molar-refractivity contribution < 1.29 is 4.79 Å². The molecule has 1 amide bonds. The van der Waals surface area contributed by atoms with E-state index in [1.165, 1.54) is 25.7 Å². The van der Waals surface area contributed by atoms with Gasteiger partial charge in [-0.05, 0) is 37.5 Å². The Labute approximate surface area is 105 Å². The van der Waals surface area contributed by atoms with Crippen LogP contribution in [0.5, 0.6) is 0 Å². The van der Waals surface area contributed by atoms with Crippen LogP contribution in [0.4, 0.5) is 0 Å². The predicted molar refractivity (Wildman–Crippen MR) is 69.4 cm³/mol. The van der Waals surface area contributed by atoms with Gasteiger partial charge in [0, 0.05) is 18.5 Å². The number of carbonyl (C=O) groups excluding carboxylic acids is 1. The van der Waals surface area contributed by atoms with Crippen molar-refractivity contribution in [1.29, 1.82) is 0 Å². The number of carbonyl (C=O) groups is 1. The van der Waals surface area contributed by atoms with Crippen LogP contribution in [0.15, 0.2) is 0 Å². The molecule has 2 rings (SSSR count). The maximum absolute atomic E-state index is 12.0. The second-order valence-electron chi connectivity index (χ2n) is 6.04. The van der Waals surface area contributed by atoms with Crippen molar-refractivity contribution in [2.75, 3.05) is 6.54 Å². The van der Waals surface area contributed by atoms with Crippen LogP contribution in [0.1, 0.15) is 51.9 Å². The molecule has 3 nitrogen and oxygen atoms in total. The van der Waals surface area contributed by atoms with Crippen molar-refractivity contribution in [3.05, 3.63) is 0 Å². The Morgan fingerprint density at radius 2 is 2.00 bits per heavy atom. The van der Waals surface area contributed by atoms with E-state index < -0.39 is 0 Å². The van der Waals surface area contributed by atoms with Gasteiger partial charge < -0.3 is 11.1 Å². The highest BCUT2D eigenvalue weighted by Crippen LogP contribution is 2.29. The van der Waals surface area contributed by atoms with Crippen LogP contribution in [-0.2, 0) is 4.79 Å². The molecule has 0 aromatic carbocycles. The Hall–Kier alpha value is -0.570. The Balaban J connectivity index is 1.72. The first kappa shape index (κ1) is 12.9. The lowest BCUT2D eigenvalue weighted by atomic mass is 9.80. The Morgan fingerprint density at radius 3 is 2.65 bits per heavy atom. The lowest BCUT2D eigenvalue weighted by molar-refractivity contribution is -0.125. The minimum absolute atomic E-state index is 0.184. The van der Waals surface area contributed by atoms with Gasteiger partial charge in [0.15, 0.2) is 0 Å². The summed E-state index contributed by atoms with van der Waals surface area (Å²) in [6.45, 7) is 3.20. The fraction of sp³-hybridized carbons (Fsp3) is 0.929. The van der Waals surface area contributed by atoms with E-state index in [1.54, 1.807) is 0 Å². The van der Waals surface area contributed by atoms with Gasteiger partial charge in [-0.1, -0.05) is 26.2 Å². The largest absolute Gasteiger partial charge is 0.356 e. The molecule has 2 fully saturated rings. The van der Waals surface area contributed by atoms with Crippen molar-refractivity contribution in [2.45, 2.75) is 57.9 Å². The molecular formula is C14H26N2O. The fourth-order valence-electron chi connectivity index (χ4n) is 3.33. The summed E-state index contributed by atoms with van der Waals surface area (Å²) in [5.41, 5.74) is 5.84. The van der Waals surface area contributed by atoms with Crippen molar-refractivity contribution >= 4 is 5.91 Å². The highest BCUT2D eigenvalue weighted by molar-refractivity contribution is 5.79. The van der Waals surface area contributed by atoms with Gasteiger partial charge in [0.1, 0.15) is 0 Å². The fourth-order valence-corrected chi connectivity index (χ4v) is 3.33. The third kappa shape index (κ3) is 3.44. The Morgan fingerprint density at radius 1 is 1.24 bits per heavy atom. The van der Waals surface area contributed by atoms with E-state index in [0.29, 0.717) is 5.92 Å². The molecule has 4 unspecified atom stereocenters. The average molecular weight is 238 g/mol. The van der Waals surface area contributed by atoms with Gasteiger partial charge in [-0.3, -0.25) is 4.79 Å². The van der Waals surface area contributed by atoms with Crippen LogP contribution < -0.4 is 11.1 Å². The number of nitrogens with one attached hydrogen (secondary N) is 1. The van der Waals surface area contributed by atoms with Crippen LogP contribution in [0.25, 0.3) is 0 Å². The number of nitrogens with two attached hydrogens (primary N) is 1. The molecule has 0 aromatic heterocycles. The summed E-state index contributed by atoms with van der Waals surface area (Å²) in [5.74, 6) is 1.90. The lowest BCUT2D eigenvalue weighted by Crippen LogP contribution is -2.36. The molecule has 98 valence electrons. The van der Waals surface area contributed by atoms with Crippen LogP contribution in [0.3, 0.4) is 0 Å². The Bertz CT molecular complexity index is 267. The molecule has 2 saturated carbocycles.